The van der Waals surface area contributed by atoms with E-state index in [0.717, 1.165) is 0 Å². The number of nitrogens with one attached hydrogen (secondary N) is 2. The van der Waals surface area contributed by atoms with Crippen molar-refractivity contribution in [2.45, 2.75) is 25.8 Å². The van der Waals surface area contributed by atoms with Gasteiger partial charge in [0.1, 0.15) is 6.04 Å². The molecule has 0 aromatic heterocycles. The van der Waals surface area contributed by atoms with Gasteiger partial charge in [-0.1, -0.05) is 6.92 Å². The van der Waals surface area contributed by atoms with Crippen LogP contribution >= 0.6 is 0 Å². The standard InChI is InChI=1S/C7H14N2O3.C2H7N/c1-2-9-5(7(11)12)3-4-6(8)10;1-3-2/h5,9H,2-4H2,1H3,(H2,8,10)(H,11,12);3H,1-2H3. The molecule has 0 radical (unpaired) electrons. The second-order valence-electron chi connectivity index (χ2n) is 2.95. The van der Waals surface area contributed by atoms with Crippen LogP contribution in [0.1, 0.15) is 19.8 Å². The van der Waals surface area contributed by atoms with Crippen LogP contribution in [0.2, 0.25) is 0 Å². The highest BCUT2D eigenvalue weighted by atomic mass is 16.4. The summed E-state index contributed by atoms with van der Waals surface area (Å²) in [5, 5.41) is 14.1. The minimum atomic E-state index is -0.946. The van der Waals surface area contributed by atoms with Gasteiger partial charge in [-0.05, 0) is 27.1 Å². The monoisotopic (exact) mass is 219 g/mol. The van der Waals surface area contributed by atoms with E-state index in [2.05, 4.69) is 10.6 Å². The Balaban J connectivity index is 0. The summed E-state index contributed by atoms with van der Waals surface area (Å²) in [6, 6.07) is -0.664. The predicted molar refractivity (Wildman–Crippen MR) is 58.5 cm³/mol. The fourth-order valence-corrected chi connectivity index (χ4v) is 0.846. The Hall–Kier alpha value is -1.14. The summed E-state index contributed by atoms with van der Waals surface area (Å²) >= 11 is 0. The van der Waals surface area contributed by atoms with E-state index < -0.39 is 17.9 Å². The number of hydrogen-bond acceptors (Lipinski definition) is 4. The van der Waals surface area contributed by atoms with Gasteiger partial charge in [-0.3, -0.25) is 9.59 Å². The summed E-state index contributed by atoms with van der Waals surface area (Å²) in [6.07, 6.45) is 0.350. The van der Waals surface area contributed by atoms with Crippen LogP contribution in [-0.4, -0.2) is 43.7 Å². The third kappa shape index (κ3) is 12.9. The molecule has 1 atom stereocenters. The minimum Gasteiger partial charge on any atom is -0.480 e. The van der Waals surface area contributed by atoms with E-state index in [1.807, 2.05) is 14.1 Å². The lowest BCUT2D eigenvalue weighted by atomic mass is 10.1. The van der Waals surface area contributed by atoms with E-state index in [1.165, 1.54) is 0 Å². The van der Waals surface area contributed by atoms with E-state index in [1.54, 1.807) is 6.92 Å². The molecule has 15 heavy (non-hydrogen) atoms. The fraction of sp³-hybridized carbons (Fsp3) is 0.778. The molecule has 0 heterocycles. The number of primary amides is 1. The van der Waals surface area contributed by atoms with Crippen LogP contribution in [0.4, 0.5) is 0 Å². The highest BCUT2D eigenvalue weighted by molar-refractivity contribution is 5.77. The zero-order valence-corrected chi connectivity index (χ0v) is 9.54. The van der Waals surface area contributed by atoms with Crippen molar-refractivity contribution in [1.29, 1.82) is 0 Å². The topological polar surface area (TPSA) is 104 Å². The van der Waals surface area contributed by atoms with Gasteiger partial charge in [0, 0.05) is 6.42 Å². The number of nitrogens with two attached hydrogens (primary N) is 1. The Morgan fingerprint density at radius 1 is 1.40 bits per heavy atom. The smallest absolute Gasteiger partial charge is 0.320 e. The van der Waals surface area contributed by atoms with Gasteiger partial charge in [-0.15, -0.1) is 0 Å². The average molecular weight is 219 g/mol. The molecule has 6 heteroatoms. The van der Waals surface area contributed by atoms with Gasteiger partial charge < -0.3 is 21.5 Å². The summed E-state index contributed by atoms with van der Waals surface area (Å²) in [7, 11) is 3.75. The Morgan fingerprint density at radius 3 is 2.13 bits per heavy atom. The van der Waals surface area contributed by atoms with E-state index in [4.69, 9.17) is 10.8 Å². The Bertz CT molecular complexity index is 185. The van der Waals surface area contributed by atoms with Gasteiger partial charge in [0.2, 0.25) is 5.91 Å². The zero-order valence-electron chi connectivity index (χ0n) is 9.54. The molecule has 0 rings (SSSR count). The maximum absolute atomic E-state index is 10.5. The Morgan fingerprint density at radius 2 is 1.87 bits per heavy atom. The maximum Gasteiger partial charge on any atom is 0.320 e. The van der Waals surface area contributed by atoms with Crippen molar-refractivity contribution < 1.29 is 14.7 Å². The van der Waals surface area contributed by atoms with Crippen LogP contribution in [-0.2, 0) is 9.59 Å². The van der Waals surface area contributed by atoms with Crippen LogP contribution in [0.3, 0.4) is 0 Å². The highest BCUT2D eigenvalue weighted by Crippen LogP contribution is 1.96. The van der Waals surface area contributed by atoms with Crippen molar-refractivity contribution in [1.82, 2.24) is 10.6 Å². The van der Waals surface area contributed by atoms with E-state index in [0.29, 0.717) is 6.54 Å². The molecule has 0 spiro atoms. The zero-order chi connectivity index (χ0) is 12.3. The van der Waals surface area contributed by atoms with Gasteiger partial charge in [0.25, 0.3) is 0 Å². The number of aliphatic carboxylic acids is 1. The number of hydrogen-bond donors (Lipinski definition) is 4. The number of likely N-dealkylation sites (N-methyl/N-ethyl adjacent to an activating group) is 1. The third-order valence-corrected chi connectivity index (χ3v) is 1.43. The molecule has 0 aromatic rings. The molecule has 6 nitrogen and oxygen atoms in total. The predicted octanol–water partition coefficient (Wildman–Crippen LogP) is -0.850. The third-order valence-electron chi connectivity index (χ3n) is 1.43. The first-order valence-electron chi connectivity index (χ1n) is 4.82. The molecule has 0 saturated carbocycles. The number of carboxylic acid groups (broad SMARTS) is 1. The van der Waals surface area contributed by atoms with Crippen molar-refractivity contribution >= 4 is 11.9 Å². The van der Waals surface area contributed by atoms with Crippen LogP contribution in [0, 0.1) is 0 Å². The van der Waals surface area contributed by atoms with Gasteiger partial charge in [-0.2, -0.15) is 0 Å². The summed E-state index contributed by atoms with van der Waals surface area (Å²) < 4.78 is 0. The molecule has 5 N–H and O–H groups in total. The molecule has 0 aliphatic carbocycles. The van der Waals surface area contributed by atoms with E-state index in [-0.39, 0.29) is 12.8 Å². The van der Waals surface area contributed by atoms with Crippen molar-refractivity contribution in [3.05, 3.63) is 0 Å². The Kier molecular flexibility index (Phi) is 11.9. The van der Waals surface area contributed by atoms with Crippen LogP contribution in [0.5, 0.6) is 0 Å². The molecule has 0 aromatic carbocycles. The van der Waals surface area contributed by atoms with E-state index >= 15 is 0 Å². The van der Waals surface area contributed by atoms with Crippen molar-refractivity contribution in [2.75, 3.05) is 20.6 Å². The molecule has 0 aliphatic heterocycles. The summed E-state index contributed by atoms with van der Waals surface area (Å²) in [4.78, 5) is 20.8. The second kappa shape index (κ2) is 10.9. The number of carboxylic acids is 1. The van der Waals surface area contributed by atoms with Crippen LogP contribution < -0.4 is 16.4 Å². The van der Waals surface area contributed by atoms with Crippen molar-refractivity contribution in [2.24, 2.45) is 5.73 Å². The van der Waals surface area contributed by atoms with Crippen molar-refractivity contribution in [3.63, 3.8) is 0 Å². The average Bonchev–Trinajstić information content (AvgIpc) is 2.12. The number of carbonyl (C=O) groups is 2. The molecule has 1 amide bonds. The lowest BCUT2D eigenvalue weighted by Crippen LogP contribution is -2.37. The highest BCUT2D eigenvalue weighted by Gasteiger charge is 2.15. The lowest BCUT2D eigenvalue weighted by molar-refractivity contribution is -0.139. The first kappa shape index (κ1) is 16.3. The molecular formula is C9H21N3O3. The Labute approximate surface area is 90.2 Å². The second-order valence-corrected chi connectivity index (χ2v) is 2.95. The minimum absolute atomic E-state index is 0.101. The fourth-order valence-electron chi connectivity index (χ4n) is 0.846. The first-order valence-corrected chi connectivity index (χ1v) is 4.82. The van der Waals surface area contributed by atoms with E-state index in [9.17, 15) is 9.59 Å². The molecule has 1 unspecified atom stereocenters. The van der Waals surface area contributed by atoms with Gasteiger partial charge in [0.05, 0.1) is 0 Å². The summed E-state index contributed by atoms with van der Waals surface area (Å²) in [5.74, 6) is -1.42. The first-order chi connectivity index (χ1) is 6.99. The normalized spacial score (nSPS) is 11.1. The molecule has 0 bridgehead atoms. The molecule has 0 fully saturated rings. The number of rotatable bonds is 6. The lowest BCUT2D eigenvalue weighted by Gasteiger charge is -2.10. The summed E-state index contributed by atoms with van der Waals surface area (Å²) in [6.45, 7) is 2.37. The van der Waals surface area contributed by atoms with Crippen LogP contribution in [0.15, 0.2) is 0 Å². The molecule has 0 aliphatic rings. The molecular weight excluding hydrogens is 198 g/mol. The van der Waals surface area contributed by atoms with Crippen LogP contribution in [0.25, 0.3) is 0 Å². The molecule has 90 valence electrons. The van der Waals surface area contributed by atoms with Gasteiger partial charge in [-0.25, -0.2) is 0 Å². The quantitative estimate of drug-likeness (QED) is 0.466. The van der Waals surface area contributed by atoms with Crippen molar-refractivity contribution in [3.8, 4) is 0 Å². The maximum atomic E-state index is 10.5. The van der Waals surface area contributed by atoms with Gasteiger partial charge in [0.15, 0.2) is 0 Å². The summed E-state index contributed by atoms with van der Waals surface area (Å²) in [5.41, 5.74) is 4.88. The number of amides is 1. The number of carbonyl (C=O) groups excluding carboxylic acids is 1. The van der Waals surface area contributed by atoms with Gasteiger partial charge >= 0.3 is 5.97 Å². The largest absolute Gasteiger partial charge is 0.480 e. The SMILES string of the molecule is CCNC(CCC(N)=O)C(=O)O.CNC. The molecule has 0 saturated heterocycles.